The molecule has 0 saturated heterocycles. The molecule has 98 valence electrons. The van der Waals surface area contributed by atoms with E-state index in [0.717, 1.165) is 18.4 Å². The van der Waals surface area contributed by atoms with Gasteiger partial charge in [0.25, 0.3) is 0 Å². The molecular weight excluding hydrogens is 228 g/mol. The summed E-state index contributed by atoms with van der Waals surface area (Å²) < 4.78 is 5.98. The molecule has 0 radical (unpaired) electrons. The molecule has 0 spiro atoms. The number of hydrogen-bond donors (Lipinski definition) is 1. The maximum atomic E-state index is 11.0. The molecular formula is C15H20O3. The predicted molar refractivity (Wildman–Crippen MR) is 70.2 cm³/mol. The lowest BCUT2D eigenvalue weighted by molar-refractivity contribution is 0.0695. The Morgan fingerprint density at radius 2 is 2.17 bits per heavy atom. The van der Waals surface area contributed by atoms with Gasteiger partial charge in [-0.05, 0) is 49.8 Å². The topological polar surface area (TPSA) is 46.5 Å². The smallest absolute Gasteiger partial charge is 0.335 e. The summed E-state index contributed by atoms with van der Waals surface area (Å²) in [6.45, 7) is 4.20. The van der Waals surface area contributed by atoms with Crippen molar-refractivity contribution >= 4 is 5.97 Å². The van der Waals surface area contributed by atoms with Crippen LogP contribution in [0.2, 0.25) is 0 Å². The number of ether oxygens (including phenoxy) is 1. The van der Waals surface area contributed by atoms with E-state index in [4.69, 9.17) is 9.84 Å². The highest BCUT2D eigenvalue weighted by atomic mass is 16.5. The molecule has 1 aromatic carbocycles. The second-order valence-corrected chi connectivity index (χ2v) is 5.30. The molecule has 0 bridgehead atoms. The van der Waals surface area contributed by atoms with E-state index in [1.165, 1.54) is 12.8 Å². The summed E-state index contributed by atoms with van der Waals surface area (Å²) in [6, 6.07) is 5.07. The van der Waals surface area contributed by atoms with Crippen molar-refractivity contribution in [3.63, 3.8) is 0 Å². The van der Waals surface area contributed by atoms with Crippen molar-refractivity contribution in [2.45, 2.75) is 45.6 Å². The summed E-state index contributed by atoms with van der Waals surface area (Å²) in [7, 11) is 0. The van der Waals surface area contributed by atoms with Gasteiger partial charge >= 0.3 is 5.97 Å². The van der Waals surface area contributed by atoms with E-state index in [0.29, 0.717) is 17.2 Å². The van der Waals surface area contributed by atoms with Crippen molar-refractivity contribution in [1.29, 1.82) is 0 Å². The van der Waals surface area contributed by atoms with Gasteiger partial charge in [0, 0.05) is 0 Å². The predicted octanol–water partition coefficient (Wildman–Crippen LogP) is 3.65. The van der Waals surface area contributed by atoms with Crippen molar-refractivity contribution < 1.29 is 14.6 Å². The Morgan fingerprint density at radius 1 is 1.39 bits per heavy atom. The van der Waals surface area contributed by atoms with Gasteiger partial charge in [-0.2, -0.15) is 0 Å². The Morgan fingerprint density at radius 3 is 2.83 bits per heavy atom. The number of rotatable bonds is 3. The Kier molecular flexibility index (Phi) is 3.90. The summed E-state index contributed by atoms with van der Waals surface area (Å²) in [5.41, 5.74) is 1.29. The fourth-order valence-electron chi connectivity index (χ4n) is 2.53. The molecule has 18 heavy (non-hydrogen) atoms. The number of benzene rings is 1. The average molecular weight is 248 g/mol. The second kappa shape index (κ2) is 5.42. The lowest BCUT2D eigenvalue weighted by Crippen LogP contribution is -2.24. The highest BCUT2D eigenvalue weighted by Crippen LogP contribution is 2.29. The fraction of sp³-hybridized carbons (Fsp3) is 0.533. The lowest BCUT2D eigenvalue weighted by Gasteiger charge is -2.28. The number of aryl methyl sites for hydroxylation is 1. The van der Waals surface area contributed by atoms with Crippen molar-refractivity contribution in [3.05, 3.63) is 29.3 Å². The molecule has 1 fully saturated rings. The Labute approximate surface area is 108 Å². The molecule has 1 aromatic rings. The van der Waals surface area contributed by atoms with Gasteiger partial charge in [-0.1, -0.05) is 19.4 Å². The van der Waals surface area contributed by atoms with Crippen LogP contribution >= 0.6 is 0 Å². The molecule has 0 amide bonds. The van der Waals surface area contributed by atoms with Gasteiger partial charge in [-0.15, -0.1) is 0 Å². The van der Waals surface area contributed by atoms with Crippen molar-refractivity contribution in [2.24, 2.45) is 5.92 Å². The standard InChI is InChI=1S/C15H20O3/c1-10-4-3-5-13(8-10)18-14-9-12(15(16)17)7-6-11(14)2/h6-7,9-10,13H,3-5,8H2,1-2H3,(H,16,17). The number of aromatic carboxylic acids is 1. The fourth-order valence-corrected chi connectivity index (χ4v) is 2.53. The average Bonchev–Trinajstić information content (AvgIpc) is 2.31. The molecule has 3 heteroatoms. The van der Waals surface area contributed by atoms with E-state index in [1.807, 2.05) is 13.0 Å². The molecule has 2 rings (SSSR count). The van der Waals surface area contributed by atoms with Gasteiger partial charge < -0.3 is 9.84 Å². The van der Waals surface area contributed by atoms with Crippen LogP contribution in [0, 0.1) is 12.8 Å². The van der Waals surface area contributed by atoms with Crippen LogP contribution in [0.1, 0.15) is 48.5 Å². The van der Waals surface area contributed by atoms with Crippen LogP contribution < -0.4 is 4.74 Å². The number of carboxylic acids is 1. The highest BCUT2D eigenvalue weighted by Gasteiger charge is 2.21. The SMILES string of the molecule is Cc1ccc(C(=O)O)cc1OC1CCCC(C)C1. The molecule has 2 unspecified atom stereocenters. The minimum absolute atomic E-state index is 0.233. The molecule has 1 aliphatic carbocycles. The molecule has 0 aromatic heterocycles. The Balaban J connectivity index is 2.12. The summed E-state index contributed by atoms with van der Waals surface area (Å²) in [4.78, 5) is 11.0. The van der Waals surface area contributed by atoms with Crippen molar-refractivity contribution in [1.82, 2.24) is 0 Å². The maximum absolute atomic E-state index is 11.0. The monoisotopic (exact) mass is 248 g/mol. The summed E-state index contributed by atoms with van der Waals surface area (Å²) in [6.07, 6.45) is 4.84. The Bertz CT molecular complexity index is 439. The van der Waals surface area contributed by atoms with Gasteiger partial charge in [0.05, 0.1) is 11.7 Å². The first-order valence-electron chi connectivity index (χ1n) is 6.57. The third kappa shape index (κ3) is 3.03. The van der Waals surface area contributed by atoms with E-state index >= 15 is 0 Å². The molecule has 1 saturated carbocycles. The lowest BCUT2D eigenvalue weighted by atomic mass is 9.88. The van der Waals surface area contributed by atoms with Crippen LogP contribution in [0.3, 0.4) is 0 Å². The third-order valence-electron chi connectivity index (χ3n) is 3.62. The van der Waals surface area contributed by atoms with E-state index < -0.39 is 5.97 Å². The molecule has 1 N–H and O–H groups in total. The van der Waals surface area contributed by atoms with E-state index in [2.05, 4.69) is 6.92 Å². The van der Waals surface area contributed by atoms with E-state index in [-0.39, 0.29) is 6.10 Å². The van der Waals surface area contributed by atoms with Gasteiger partial charge in [-0.25, -0.2) is 4.79 Å². The zero-order chi connectivity index (χ0) is 13.1. The first-order valence-corrected chi connectivity index (χ1v) is 6.57. The minimum Gasteiger partial charge on any atom is -0.490 e. The minimum atomic E-state index is -0.906. The van der Waals surface area contributed by atoms with Gasteiger partial charge in [0.15, 0.2) is 0 Å². The number of hydrogen-bond acceptors (Lipinski definition) is 2. The van der Waals surface area contributed by atoms with Gasteiger partial charge in [0.1, 0.15) is 5.75 Å². The highest BCUT2D eigenvalue weighted by molar-refractivity contribution is 5.88. The molecule has 3 nitrogen and oxygen atoms in total. The van der Waals surface area contributed by atoms with E-state index in [1.54, 1.807) is 12.1 Å². The van der Waals surface area contributed by atoms with Crippen LogP contribution in [0.25, 0.3) is 0 Å². The van der Waals surface area contributed by atoms with Crippen LogP contribution in [-0.4, -0.2) is 17.2 Å². The normalized spacial score (nSPS) is 23.7. The van der Waals surface area contributed by atoms with Crippen LogP contribution in [-0.2, 0) is 0 Å². The largest absolute Gasteiger partial charge is 0.490 e. The summed E-state index contributed by atoms with van der Waals surface area (Å²) >= 11 is 0. The van der Waals surface area contributed by atoms with Crippen LogP contribution in [0.15, 0.2) is 18.2 Å². The van der Waals surface area contributed by atoms with Crippen LogP contribution in [0.4, 0.5) is 0 Å². The second-order valence-electron chi connectivity index (χ2n) is 5.30. The molecule has 2 atom stereocenters. The van der Waals surface area contributed by atoms with Crippen molar-refractivity contribution in [3.8, 4) is 5.75 Å². The van der Waals surface area contributed by atoms with Crippen LogP contribution in [0.5, 0.6) is 5.75 Å². The quantitative estimate of drug-likeness (QED) is 0.888. The van der Waals surface area contributed by atoms with Crippen molar-refractivity contribution in [2.75, 3.05) is 0 Å². The number of carbonyl (C=O) groups is 1. The zero-order valence-corrected chi connectivity index (χ0v) is 11.0. The maximum Gasteiger partial charge on any atom is 0.335 e. The Hall–Kier alpha value is -1.51. The van der Waals surface area contributed by atoms with Gasteiger partial charge in [-0.3, -0.25) is 0 Å². The third-order valence-corrected chi connectivity index (χ3v) is 3.62. The molecule has 1 aliphatic rings. The molecule has 0 aliphatic heterocycles. The summed E-state index contributed by atoms with van der Waals surface area (Å²) in [5.74, 6) is 0.512. The summed E-state index contributed by atoms with van der Waals surface area (Å²) in [5, 5.41) is 8.99. The van der Waals surface area contributed by atoms with Gasteiger partial charge in [0.2, 0.25) is 0 Å². The van der Waals surface area contributed by atoms with E-state index in [9.17, 15) is 4.79 Å². The molecule has 0 heterocycles. The number of carboxylic acid groups (broad SMARTS) is 1. The first kappa shape index (κ1) is 12.9. The first-order chi connectivity index (χ1) is 8.56. The zero-order valence-electron chi connectivity index (χ0n) is 11.0.